The highest BCUT2D eigenvalue weighted by atomic mass is 35.5. The molecule has 10 nitrogen and oxygen atoms in total. The van der Waals surface area contributed by atoms with Crippen LogP contribution < -0.4 is 15.2 Å². The Kier molecular flexibility index (Phi) is 5.52. The Hall–Kier alpha value is -3.95. The molecule has 13 heteroatoms. The minimum Gasteiger partial charge on any atom is -0.480 e. The molecule has 0 aliphatic heterocycles. The number of anilines is 2. The van der Waals surface area contributed by atoms with Gasteiger partial charge in [0.1, 0.15) is 5.69 Å². The number of fused-ring (bicyclic) bond motifs is 1. The Bertz CT molecular complexity index is 1510. The van der Waals surface area contributed by atoms with Crippen LogP contribution in [-0.4, -0.2) is 39.9 Å². The maximum absolute atomic E-state index is 15.0. The zero-order valence-corrected chi connectivity index (χ0v) is 17.8. The molecule has 0 amide bonds. The standard InChI is InChI=1S/C19H13ClFN7O3S/c1-31-19-14(8-12(20)9-26-19)32(29,30)27-17-15(21)11(4-5-24-17)2-3-13-10-25-18-16(22)23-6-7-28(13)18/h4-10H,1H3,(H2,22,23)(H,24,27). The van der Waals surface area contributed by atoms with Crippen molar-refractivity contribution in [2.24, 2.45) is 0 Å². The molecule has 0 radical (unpaired) electrons. The van der Waals surface area contributed by atoms with E-state index >= 15 is 0 Å². The van der Waals surface area contributed by atoms with Crippen molar-refractivity contribution in [1.82, 2.24) is 24.3 Å². The molecule has 0 aliphatic carbocycles. The lowest BCUT2D eigenvalue weighted by atomic mass is 10.2. The van der Waals surface area contributed by atoms with E-state index in [1.807, 2.05) is 0 Å². The van der Waals surface area contributed by atoms with Crippen molar-refractivity contribution in [2.75, 3.05) is 17.6 Å². The fourth-order valence-electron chi connectivity index (χ4n) is 2.71. The van der Waals surface area contributed by atoms with Gasteiger partial charge in [-0.15, -0.1) is 0 Å². The number of imidazole rings is 1. The molecule has 4 heterocycles. The van der Waals surface area contributed by atoms with E-state index in [1.165, 1.54) is 38.0 Å². The summed E-state index contributed by atoms with van der Waals surface area (Å²) in [7, 11) is -3.07. The van der Waals surface area contributed by atoms with Crippen LogP contribution in [0.15, 0.2) is 48.0 Å². The molecule has 162 valence electrons. The summed E-state index contributed by atoms with van der Waals surface area (Å²) in [6.07, 6.45) is 6.99. The summed E-state index contributed by atoms with van der Waals surface area (Å²) in [5.74, 6) is 3.91. The smallest absolute Gasteiger partial charge is 0.268 e. The molecule has 4 aromatic heterocycles. The molecule has 0 atom stereocenters. The van der Waals surface area contributed by atoms with Gasteiger partial charge in [-0.2, -0.15) is 0 Å². The number of halogens is 2. The Morgan fingerprint density at radius 1 is 1.19 bits per heavy atom. The number of pyridine rings is 2. The molecular weight excluding hydrogens is 461 g/mol. The average molecular weight is 474 g/mol. The number of methoxy groups -OCH3 is 1. The van der Waals surface area contributed by atoms with E-state index in [2.05, 4.69) is 36.5 Å². The van der Waals surface area contributed by atoms with Gasteiger partial charge in [0, 0.05) is 24.8 Å². The van der Waals surface area contributed by atoms with Crippen molar-refractivity contribution in [3.05, 3.63) is 65.2 Å². The van der Waals surface area contributed by atoms with Crippen molar-refractivity contribution < 1.29 is 17.5 Å². The molecule has 0 saturated heterocycles. The van der Waals surface area contributed by atoms with E-state index in [9.17, 15) is 12.8 Å². The number of nitrogen functional groups attached to an aromatic ring is 1. The topological polar surface area (TPSA) is 137 Å². The van der Waals surface area contributed by atoms with Crippen LogP contribution in [0.4, 0.5) is 16.0 Å². The molecule has 4 aromatic rings. The molecule has 0 saturated carbocycles. The van der Waals surface area contributed by atoms with Crippen molar-refractivity contribution in [2.45, 2.75) is 4.90 Å². The first-order valence-electron chi connectivity index (χ1n) is 8.76. The van der Waals surface area contributed by atoms with Crippen LogP contribution in [0.2, 0.25) is 5.02 Å². The highest BCUT2D eigenvalue weighted by Gasteiger charge is 2.24. The third kappa shape index (κ3) is 3.98. The number of aromatic nitrogens is 5. The van der Waals surface area contributed by atoms with Crippen LogP contribution in [0.25, 0.3) is 5.65 Å². The Morgan fingerprint density at radius 2 is 2.00 bits per heavy atom. The molecule has 32 heavy (non-hydrogen) atoms. The molecule has 4 rings (SSSR count). The third-order valence-corrected chi connectivity index (χ3v) is 5.71. The molecule has 3 N–H and O–H groups in total. The number of ether oxygens (including phenoxy) is 1. The lowest BCUT2D eigenvalue weighted by Crippen LogP contribution is -2.17. The van der Waals surface area contributed by atoms with E-state index < -0.39 is 21.7 Å². The van der Waals surface area contributed by atoms with Gasteiger partial charge >= 0.3 is 0 Å². The summed E-state index contributed by atoms with van der Waals surface area (Å²) in [6.45, 7) is 0. The molecule has 0 aromatic carbocycles. The van der Waals surface area contributed by atoms with Crippen molar-refractivity contribution in [3.63, 3.8) is 0 Å². The number of nitrogens with zero attached hydrogens (tertiary/aromatic N) is 5. The fourth-order valence-corrected chi connectivity index (χ4v) is 4.09. The summed E-state index contributed by atoms with van der Waals surface area (Å²) in [5.41, 5.74) is 6.51. The van der Waals surface area contributed by atoms with E-state index in [-0.39, 0.29) is 27.2 Å². The van der Waals surface area contributed by atoms with Crippen LogP contribution in [0.1, 0.15) is 11.3 Å². The zero-order valence-electron chi connectivity index (χ0n) is 16.2. The first-order chi connectivity index (χ1) is 15.3. The number of sulfonamides is 1. The van der Waals surface area contributed by atoms with Gasteiger partial charge in [-0.25, -0.2) is 32.7 Å². The summed E-state index contributed by atoms with van der Waals surface area (Å²) >= 11 is 5.84. The van der Waals surface area contributed by atoms with Crippen molar-refractivity contribution in [3.8, 4) is 17.7 Å². The quantitative estimate of drug-likeness (QED) is 0.430. The van der Waals surface area contributed by atoms with Gasteiger partial charge in [-0.05, 0) is 18.1 Å². The third-order valence-electron chi connectivity index (χ3n) is 4.17. The lowest BCUT2D eigenvalue weighted by Gasteiger charge is -2.11. The van der Waals surface area contributed by atoms with Gasteiger partial charge in [0.2, 0.25) is 5.88 Å². The van der Waals surface area contributed by atoms with Crippen LogP contribution in [0.5, 0.6) is 5.88 Å². The summed E-state index contributed by atoms with van der Waals surface area (Å²) < 4.78 is 49.1. The lowest BCUT2D eigenvalue weighted by molar-refractivity contribution is 0.385. The van der Waals surface area contributed by atoms with Crippen LogP contribution in [0, 0.1) is 17.7 Å². The summed E-state index contributed by atoms with van der Waals surface area (Å²) in [5, 5.41) is 0.0584. The average Bonchev–Trinajstić information content (AvgIpc) is 3.19. The Morgan fingerprint density at radius 3 is 2.78 bits per heavy atom. The second-order valence-corrected chi connectivity index (χ2v) is 8.27. The molecule has 0 bridgehead atoms. The molecule has 0 aliphatic rings. The van der Waals surface area contributed by atoms with Crippen LogP contribution >= 0.6 is 11.6 Å². The Balaban J connectivity index is 1.69. The fraction of sp³-hybridized carbons (Fsp3) is 0.0526. The maximum atomic E-state index is 15.0. The summed E-state index contributed by atoms with van der Waals surface area (Å²) in [6, 6.07) is 2.43. The van der Waals surface area contributed by atoms with Gasteiger partial charge < -0.3 is 10.5 Å². The molecule has 0 fully saturated rings. The molecule has 0 spiro atoms. The van der Waals surface area contributed by atoms with Gasteiger partial charge in [-0.3, -0.25) is 9.12 Å². The highest BCUT2D eigenvalue weighted by molar-refractivity contribution is 7.92. The predicted octanol–water partition coefficient (Wildman–Crippen LogP) is 2.10. The van der Waals surface area contributed by atoms with Gasteiger partial charge in [0.25, 0.3) is 10.0 Å². The van der Waals surface area contributed by atoms with E-state index in [4.69, 9.17) is 22.1 Å². The second kappa shape index (κ2) is 8.29. The van der Waals surface area contributed by atoms with Gasteiger partial charge in [0.15, 0.2) is 28.0 Å². The largest absolute Gasteiger partial charge is 0.480 e. The van der Waals surface area contributed by atoms with E-state index in [1.54, 1.807) is 10.6 Å². The highest BCUT2D eigenvalue weighted by Crippen LogP contribution is 2.27. The minimum absolute atomic E-state index is 0.0584. The zero-order chi connectivity index (χ0) is 22.9. The first-order valence-corrected chi connectivity index (χ1v) is 10.6. The van der Waals surface area contributed by atoms with E-state index in [0.717, 1.165) is 6.07 Å². The number of hydrogen-bond donors (Lipinski definition) is 2. The van der Waals surface area contributed by atoms with Crippen molar-refractivity contribution >= 4 is 38.9 Å². The second-order valence-electron chi connectivity index (χ2n) is 6.19. The molecule has 0 unspecified atom stereocenters. The number of nitrogens with two attached hydrogens (primary N) is 1. The number of rotatable bonds is 4. The SMILES string of the molecule is COc1ncc(Cl)cc1S(=O)(=O)Nc1nccc(C#Cc2cnc3c(N)nccn23)c1F. The maximum Gasteiger partial charge on any atom is 0.268 e. The normalized spacial score (nSPS) is 11.1. The monoisotopic (exact) mass is 473 g/mol. The van der Waals surface area contributed by atoms with Gasteiger partial charge in [-0.1, -0.05) is 17.5 Å². The molecular formula is C19H13ClFN7O3S. The minimum atomic E-state index is -4.32. The van der Waals surface area contributed by atoms with Gasteiger partial charge in [0.05, 0.1) is 23.9 Å². The number of nitrogens with one attached hydrogen (secondary N) is 1. The van der Waals surface area contributed by atoms with Crippen LogP contribution in [-0.2, 0) is 10.0 Å². The van der Waals surface area contributed by atoms with E-state index in [0.29, 0.717) is 11.3 Å². The van der Waals surface area contributed by atoms with Crippen molar-refractivity contribution in [1.29, 1.82) is 0 Å². The van der Waals surface area contributed by atoms with Crippen LogP contribution in [0.3, 0.4) is 0 Å². The first kappa shape index (κ1) is 21.3. The predicted molar refractivity (Wildman–Crippen MR) is 114 cm³/mol. The Labute approximate surface area is 186 Å². The number of hydrogen-bond acceptors (Lipinski definition) is 8. The summed E-state index contributed by atoms with van der Waals surface area (Å²) in [4.78, 5) is 15.2.